The molecule has 0 aromatic heterocycles. The second-order valence-electron chi connectivity index (χ2n) is 4.69. The normalized spacial score (nSPS) is 42.2. The molecule has 2 fully saturated rings. The van der Waals surface area contributed by atoms with Crippen molar-refractivity contribution in [1.29, 1.82) is 0 Å². The number of hydrogen-bond acceptors (Lipinski definition) is 4. The van der Waals surface area contributed by atoms with Crippen molar-refractivity contribution in [2.75, 3.05) is 7.11 Å². The Bertz CT molecular complexity index is 266. The van der Waals surface area contributed by atoms with E-state index in [2.05, 4.69) is 6.92 Å². The summed E-state index contributed by atoms with van der Waals surface area (Å²) in [5.74, 6) is -0.150. The summed E-state index contributed by atoms with van der Waals surface area (Å²) < 4.78 is 16.5. The monoisotopic (exact) mass is 228 g/mol. The van der Waals surface area contributed by atoms with Crippen molar-refractivity contribution in [3.8, 4) is 0 Å². The molecule has 0 aromatic carbocycles. The lowest BCUT2D eigenvalue weighted by atomic mass is 9.90. The third kappa shape index (κ3) is 1.84. The fraction of sp³-hybridized carbons (Fsp3) is 0.917. The fourth-order valence-electron chi connectivity index (χ4n) is 2.67. The number of carbonyl (C=O) groups excluding carboxylic acids is 1. The van der Waals surface area contributed by atoms with E-state index in [0.29, 0.717) is 0 Å². The van der Waals surface area contributed by atoms with Crippen molar-refractivity contribution >= 4 is 5.97 Å². The van der Waals surface area contributed by atoms with Crippen LogP contribution in [0.4, 0.5) is 0 Å². The predicted octanol–water partition coefficient (Wildman–Crippen LogP) is 1.73. The summed E-state index contributed by atoms with van der Waals surface area (Å²) in [5.41, 5.74) is 0. The van der Waals surface area contributed by atoms with Crippen molar-refractivity contribution in [2.24, 2.45) is 11.8 Å². The van der Waals surface area contributed by atoms with Crippen molar-refractivity contribution < 1.29 is 19.0 Å². The highest BCUT2D eigenvalue weighted by molar-refractivity contribution is 5.75. The van der Waals surface area contributed by atoms with Gasteiger partial charge in [0.05, 0.1) is 17.9 Å². The lowest BCUT2D eigenvalue weighted by molar-refractivity contribution is -0.162. The van der Waals surface area contributed by atoms with E-state index in [1.807, 2.05) is 6.92 Å². The smallest absolute Gasteiger partial charge is 0.309 e. The largest absolute Gasteiger partial charge is 0.459 e. The van der Waals surface area contributed by atoms with E-state index in [0.717, 1.165) is 19.3 Å². The number of unbranched alkanes of at least 4 members (excludes halogenated alkanes) is 1. The molecule has 2 aliphatic rings. The maximum absolute atomic E-state index is 11.5. The molecule has 2 heterocycles. The molecule has 0 bridgehead atoms. The van der Waals surface area contributed by atoms with Crippen molar-refractivity contribution in [1.82, 2.24) is 0 Å². The molecule has 2 rings (SSSR count). The van der Waals surface area contributed by atoms with E-state index in [4.69, 9.17) is 14.2 Å². The van der Waals surface area contributed by atoms with E-state index in [-0.39, 0.29) is 36.3 Å². The Morgan fingerprint density at radius 3 is 2.81 bits per heavy atom. The second kappa shape index (κ2) is 4.72. The lowest BCUT2D eigenvalue weighted by Gasteiger charge is -2.16. The molecule has 0 spiro atoms. The van der Waals surface area contributed by atoms with E-state index >= 15 is 0 Å². The quantitative estimate of drug-likeness (QED) is 0.687. The molecule has 16 heavy (non-hydrogen) atoms. The Morgan fingerprint density at radius 1 is 1.44 bits per heavy atom. The molecule has 0 unspecified atom stereocenters. The van der Waals surface area contributed by atoms with Crippen LogP contribution in [0.1, 0.15) is 33.1 Å². The Labute approximate surface area is 96.2 Å². The number of methoxy groups -OCH3 is 1. The fourth-order valence-corrected chi connectivity index (χ4v) is 2.67. The first-order valence-corrected chi connectivity index (χ1v) is 6.07. The molecule has 0 saturated carbocycles. The highest BCUT2D eigenvalue weighted by Crippen LogP contribution is 2.42. The SMILES string of the molecule is CCCC[C@@H]1O[C@@H](OC)[C@H]2[C@@H]1OC(=O)[C@@H]2C. The first-order valence-electron chi connectivity index (χ1n) is 6.07. The van der Waals surface area contributed by atoms with E-state index in [9.17, 15) is 4.79 Å². The third-order valence-electron chi connectivity index (χ3n) is 3.64. The number of ether oxygens (including phenoxy) is 3. The van der Waals surface area contributed by atoms with Gasteiger partial charge in [-0.25, -0.2) is 0 Å². The summed E-state index contributed by atoms with van der Waals surface area (Å²) in [6, 6.07) is 0. The molecule has 0 aliphatic carbocycles. The summed E-state index contributed by atoms with van der Waals surface area (Å²) in [4.78, 5) is 11.5. The standard InChI is InChI=1S/C12H20O4/c1-4-5-6-8-10-9(12(14-3)15-8)7(2)11(13)16-10/h7-10,12H,4-6H2,1-3H3/t7-,8+,9-,10-,12-/m1/s1. The molecular formula is C12H20O4. The third-order valence-corrected chi connectivity index (χ3v) is 3.64. The van der Waals surface area contributed by atoms with Crippen LogP contribution in [0.2, 0.25) is 0 Å². The minimum absolute atomic E-state index is 0.0174. The van der Waals surface area contributed by atoms with Gasteiger partial charge in [0.2, 0.25) is 0 Å². The number of hydrogen-bond donors (Lipinski definition) is 0. The minimum atomic E-state index is -0.284. The van der Waals surface area contributed by atoms with Crippen molar-refractivity contribution in [3.63, 3.8) is 0 Å². The van der Waals surface area contributed by atoms with Gasteiger partial charge in [0.25, 0.3) is 0 Å². The van der Waals surface area contributed by atoms with E-state index < -0.39 is 0 Å². The molecule has 0 radical (unpaired) electrons. The van der Waals surface area contributed by atoms with Gasteiger partial charge < -0.3 is 14.2 Å². The maximum Gasteiger partial charge on any atom is 0.309 e. The molecule has 0 aromatic rings. The average molecular weight is 228 g/mol. The van der Waals surface area contributed by atoms with Crippen LogP contribution in [0.3, 0.4) is 0 Å². The Morgan fingerprint density at radius 2 is 2.19 bits per heavy atom. The van der Waals surface area contributed by atoms with Gasteiger partial charge in [-0.05, 0) is 6.42 Å². The van der Waals surface area contributed by atoms with Crippen LogP contribution in [-0.2, 0) is 19.0 Å². The molecule has 2 saturated heterocycles. The van der Waals surface area contributed by atoms with Crippen LogP contribution in [0.25, 0.3) is 0 Å². The van der Waals surface area contributed by atoms with Crippen LogP contribution in [0.5, 0.6) is 0 Å². The van der Waals surface area contributed by atoms with Crippen molar-refractivity contribution in [2.45, 2.75) is 51.6 Å². The van der Waals surface area contributed by atoms with Gasteiger partial charge in [-0.1, -0.05) is 26.7 Å². The number of carbonyl (C=O) groups is 1. The molecule has 0 N–H and O–H groups in total. The Balaban J connectivity index is 2.06. The summed E-state index contributed by atoms with van der Waals surface area (Å²) in [5, 5.41) is 0. The van der Waals surface area contributed by atoms with Crippen LogP contribution in [-0.4, -0.2) is 31.6 Å². The number of fused-ring (bicyclic) bond motifs is 1. The van der Waals surface area contributed by atoms with Crippen molar-refractivity contribution in [3.05, 3.63) is 0 Å². The topological polar surface area (TPSA) is 44.8 Å². The molecule has 2 aliphatic heterocycles. The van der Waals surface area contributed by atoms with Gasteiger partial charge >= 0.3 is 5.97 Å². The van der Waals surface area contributed by atoms with Crippen LogP contribution in [0.15, 0.2) is 0 Å². The highest BCUT2D eigenvalue weighted by atomic mass is 16.7. The molecular weight excluding hydrogens is 208 g/mol. The van der Waals surface area contributed by atoms with Crippen LogP contribution in [0, 0.1) is 11.8 Å². The first kappa shape index (κ1) is 11.9. The summed E-state index contributed by atoms with van der Waals surface area (Å²) >= 11 is 0. The van der Waals surface area contributed by atoms with Gasteiger partial charge in [0, 0.05) is 7.11 Å². The lowest BCUT2D eigenvalue weighted by Crippen LogP contribution is -2.27. The zero-order valence-electron chi connectivity index (χ0n) is 10.1. The molecule has 4 nitrogen and oxygen atoms in total. The summed E-state index contributed by atoms with van der Waals surface area (Å²) in [6.07, 6.45) is 2.79. The predicted molar refractivity (Wildman–Crippen MR) is 57.7 cm³/mol. The van der Waals surface area contributed by atoms with Crippen LogP contribution < -0.4 is 0 Å². The highest BCUT2D eigenvalue weighted by Gasteiger charge is 2.55. The molecule has 4 heteroatoms. The average Bonchev–Trinajstić information content (AvgIpc) is 2.76. The first-order chi connectivity index (χ1) is 7.69. The molecule has 5 atom stereocenters. The summed E-state index contributed by atoms with van der Waals surface area (Å²) in [7, 11) is 1.62. The van der Waals surface area contributed by atoms with Gasteiger partial charge in [0.1, 0.15) is 6.10 Å². The minimum Gasteiger partial charge on any atom is -0.459 e. The van der Waals surface area contributed by atoms with E-state index in [1.165, 1.54) is 0 Å². The number of esters is 1. The van der Waals surface area contributed by atoms with Crippen LogP contribution >= 0.6 is 0 Å². The second-order valence-corrected chi connectivity index (χ2v) is 4.69. The summed E-state index contributed by atoms with van der Waals surface area (Å²) in [6.45, 7) is 4.04. The maximum atomic E-state index is 11.5. The Hall–Kier alpha value is -0.610. The van der Waals surface area contributed by atoms with Gasteiger partial charge in [-0.3, -0.25) is 4.79 Å². The van der Waals surface area contributed by atoms with Gasteiger partial charge in [-0.2, -0.15) is 0 Å². The molecule has 0 amide bonds. The zero-order valence-corrected chi connectivity index (χ0v) is 10.1. The van der Waals surface area contributed by atoms with Gasteiger partial charge in [-0.15, -0.1) is 0 Å². The molecule has 92 valence electrons. The Kier molecular flexibility index (Phi) is 3.50. The zero-order chi connectivity index (χ0) is 11.7. The number of rotatable bonds is 4. The van der Waals surface area contributed by atoms with E-state index in [1.54, 1.807) is 7.11 Å². The van der Waals surface area contributed by atoms with Gasteiger partial charge in [0.15, 0.2) is 6.29 Å².